The average molecular weight is 282 g/mol. The third kappa shape index (κ3) is 3.30. The van der Waals surface area contributed by atoms with Crippen LogP contribution >= 0.6 is 0 Å². The van der Waals surface area contributed by atoms with Crippen LogP contribution < -0.4 is 0 Å². The second kappa shape index (κ2) is 5.82. The van der Waals surface area contributed by atoms with Gasteiger partial charge in [-0.15, -0.1) is 0 Å². The van der Waals surface area contributed by atoms with E-state index in [-0.39, 0.29) is 23.4 Å². The molecule has 0 saturated heterocycles. The van der Waals surface area contributed by atoms with Gasteiger partial charge in [0, 0.05) is 20.0 Å². The van der Waals surface area contributed by atoms with Crippen LogP contribution in [0.3, 0.4) is 0 Å². The van der Waals surface area contributed by atoms with Crippen molar-refractivity contribution in [2.75, 3.05) is 13.6 Å². The zero-order chi connectivity index (χ0) is 14.6. The van der Waals surface area contributed by atoms with E-state index in [9.17, 15) is 13.2 Å². The number of aryl methyl sites for hydroxylation is 1. The predicted molar refractivity (Wildman–Crippen MR) is 68.2 cm³/mol. The number of carbonyl (C=O) groups is 1. The Morgan fingerprint density at radius 2 is 2.11 bits per heavy atom. The van der Waals surface area contributed by atoms with E-state index in [1.165, 1.54) is 19.2 Å². The first-order chi connectivity index (χ1) is 8.80. The number of hydrogen-bond acceptors (Lipinski definition) is 4. The van der Waals surface area contributed by atoms with Crippen LogP contribution in [-0.4, -0.2) is 37.4 Å². The van der Waals surface area contributed by atoms with Gasteiger partial charge in [-0.3, -0.25) is 0 Å². The fourth-order valence-electron chi connectivity index (χ4n) is 1.50. The molecule has 0 amide bonds. The summed E-state index contributed by atoms with van der Waals surface area (Å²) >= 11 is 0. The van der Waals surface area contributed by atoms with Crippen molar-refractivity contribution < 1.29 is 18.3 Å². The number of aromatic carboxylic acids is 1. The summed E-state index contributed by atoms with van der Waals surface area (Å²) in [5.41, 5.74) is 0.445. The molecule has 0 spiro atoms. The molecule has 1 aromatic rings. The van der Waals surface area contributed by atoms with Gasteiger partial charge in [-0.2, -0.15) is 9.57 Å². The first-order valence-electron chi connectivity index (χ1n) is 5.48. The Hall–Kier alpha value is -1.91. The quantitative estimate of drug-likeness (QED) is 0.875. The lowest BCUT2D eigenvalue weighted by atomic mass is 10.1. The van der Waals surface area contributed by atoms with Gasteiger partial charge in [-0.05, 0) is 24.6 Å². The standard InChI is InChI=1S/C12H14N2O4S/c1-9-4-5-10(8-11(9)12(15)16)19(17,18)14(2)7-3-6-13/h4-5,8H,3,7H2,1-2H3,(H,15,16). The fourth-order valence-corrected chi connectivity index (χ4v) is 2.70. The smallest absolute Gasteiger partial charge is 0.335 e. The Morgan fingerprint density at radius 3 is 2.63 bits per heavy atom. The monoisotopic (exact) mass is 282 g/mol. The van der Waals surface area contributed by atoms with Crippen LogP contribution in [-0.2, 0) is 10.0 Å². The van der Waals surface area contributed by atoms with Crippen LogP contribution in [0.15, 0.2) is 23.1 Å². The number of benzene rings is 1. The molecule has 7 heteroatoms. The first kappa shape index (κ1) is 15.1. The summed E-state index contributed by atoms with van der Waals surface area (Å²) in [7, 11) is -2.41. The van der Waals surface area contributed by atoms with Crippen molar-refractivity contribution in [3.63, 3.8) is 0 Å². The van der Waals surface area contributed by atoms with Crippen molar-refractivity contribution in [1.82, 2.24) is 4.31 Å². The molecule has 102 valence electrons. The normalized spacial score (nSPS) is 11.3. The number of carboxylic acid groups (broad SMARTS) is 1. The number of carboxylic acids is 1. The zero-order valence-corrected chi connectivity index (χ0v) is 11.4. The summed E-state index contributed by atoms with van der Waals surface area (Å²) in [5, 5.41) is 17.4. The Kier molecular flexibility index (Phi) is 4.64. The van der Waals surface area contributed by atoms with Gasteiger partial charge in [0.05, 0.1) is 16.5 Å². The van der Waals surface area contributed by atoms with Gasteiger partial charge in [0.2, 0.25) is 10.0 Å². The van der Waals surface area contributed by atoms with E-state index in [1.54, 1.807) is 6.92 Å². The largest absolute Gasteiger partial charge is 0.478 e. The highest BCUT2D eigenvalue weighted by atomic mass is 32.2. The second-order valence-electron chi connectivity index (χ2n) is 4.02. The van der Waals surface area contributed by atoms with E-state index in [0.717, 1.165) is 10.4 Å². The van der Waals surface area contributed by atoms with E-state index in [0.29, 0.717) is 5.56 Å². The second-order valence-corrected chi connectivity index (χ2v) is 6.06. The summed E-state index contributed by atoms with van der Waals surface area (Å²) < 4.78 is 25.3. The number of nitrogens with zero attached hydrogens (tertiary/aromatic N) is 2. The molecule has 0 aliphatic heterocycles. The molecule has 19 heavy (non-hydrogen) atoms. The minimum atomic E-state index is -3.77. The maximum Gasteiger partial charge on any atom is 0.335 e. The molecular formula is C12H14N2O4S. The van der Waals surface area contributed by atoms with E-state index < -0.39 is 16.0 Å². The molecule has 6 nitrogen and oxygen atoms in total. The molecule has 0 heterocycles. The van der Waals surface area contributed by atoms with Gasteiger partial charge >= 0.3 is 5.97 Å². The lowest BCUT2D eigenvalue weighted by Gasteiger charge is -2.16. The first-order valence-corrected chi connectivity index (χ1v) is 6.92. The van der Waals surface area contributed by atoms with Crippen LogP contribution in [0.2, 0.25) is 0 Å². The third-order valence-electron chi connectivity index (χ3n) is 2.69. The summed E-state index contributed by atoms with van der Waals surface area (Å²) in [4.78, 5) is 10.9. The molecular weight excluding hydrogens is 268 g/mol. The van der Waals surface area contributed by atoms with Crippen molar-refractivity contribution in [1.29, 1.82) is 5.26 Å². The lowest BCUT2D eigenvalue weighted by molar-refractivity contribution is 0.0696. The molecule has 1 rings (SSSR count). The van der Waals surface area contributed by atoms with Crippen molar-refractivity contribution in [3.8, 4) is 6.07 Å². The molecule has 0 bridgehead atoms. The van der Waals surface area contributed by atoms with Crippen LogP contribution in [0.25, 0.3) is 0 Å². The van der Waals surface area contributed by atoms with Crippen molar-refractivity contribution in [3.05, 3.63) is 29.3 Å². The molecule has 0 aliphatic carbocycles. The number of nitriles is 1. The lowest BCUT2D eigenvalue weighted by Crippen LogP contribution is -2.28. The average Bonchev–Trinajstić information content (AvgIpc) is 2.35. The van der Waals surface area contributed by atoms with Crippen LogP contribution in [0.4, 0.5) is 0 Å². The SMILES string of the molecule is Cc1ccc(S(=O)(=O)N(C)CCC#N)cc1C(=O)O. The molecule has 0 aliphatic rings. The summed E-state index contributed by atoms with van der Waals surface area (Å²) in [6.07, 6.45) is 0.0768. The number of hydrogen-bond donors (Lipinski definition) is 1. The number of sulfonamides is 1. The maximum absolute atomic E-state index is 12.1. The molecule has 1 aromatic carbocycles. The molecule has 0 atom stereocenters. The van der Waals surface area contributed by atoms with Gasteiger partial charge in [0.1, 0.15) is 0 Å². The van der Waals surface area contributed by atoms with Crippen molar-refractivity contribution in [2.24, 2.45) is 0 Å². The highest BCUT2D eigenvalue weighted by Gasteiger charge is 2.22. The zero-order valence-electron chi connectivity index (χ0n) is 10.6. The highest BCUT2D eigenvalue weighted by Crippen LogP contribution is 2.19. The molecule has 0 aromatic heterocycles. The van der Waals surface area contributed by atoms with Crippen LogP contribution in [0.5, 0.6) is 0 Å². The summed E-state index contributed by atoms with van der Waals surface area (Å²) in [6, 6.07) is 5.81. The number of rotatable bonds is 5. The minimum Gasteiger partial charge on any atom is -0.478 e. The Labute approximate surface area is 111 Å². The van der Waals surface area contributed by atoms with E-state index >= 15 is 0 Å². The van der Waals surface area contributed by atoms with E-state index in [2.05, 4.69) is 0 Å². The predicted octanol–water partition coefficient (Wildman–Crippen LogP) is 1.23. The maximum atomic E-state index is 12.1. The van der Waals surface area contributed by atoms with Gasteiger partial charge in [0.15, 0.2) is 0 Å². The van der Waals surface area contributed by atoms with Crippen molar-refractivity contribution >= 4 is 16.0 Å². The van der Waals surface area contributed by atoms with Crippen LogP contribution in [0, 0.1) is 18.3 Å². The molecule has 0 fully saturated rings. The topological polar surface area (TPSA) is 98.5 Å². The Morgan fingerprint density at radius 1 is 1.47 bits per heavy atom. The van der Waals surface area contributed by atoms with Gasteiger partial charge in [-0.25, -0.2) is 13.2 Å². The van der Waals surface area contributed by atoms with E-state index in [4.69, 9.17) is 10.4 Å². The Balaban J connectivity index is 3.19. The molecule has 0 saturated carbocycles. The molecule has 1 N–H and O–H groups in total. The van der Waals surface area contributed by atoms with Gasteiger partial charge in [0.25, 0.3) is 0 Å². The molecule has 0 radical (unpaired) electrons. The molecule has 0 unspecified atom stereocenters. The minimum absolute atomic E-state index is 0.0465. The Bertz CT molecular complexity index is 632. The summed E-state index contributed by atoms with van der Waals surface area (Å²) in [5.74, 6) is -1.17. The highest BCUT2D eigenvalue weighted by molar-refractivity contribution is 7.89. The van der Waals surface area contributed by atoms with E-state index in [1.807, 2.05) is 6.07 Å². The van der Waals surface area contributed by atoms with Gasteiger partial charge in [-0.1, -0.05) is 6.07 Å². The van der Waals surface area contributed by atoms with Crippen LogP contribution in [0.1, 0.15) is 22.3 Å². The third-order valence-corrected chi connectivity index (χ3v) is 4.54. The van der Waals surface area contributed by atoms with Crippen molar-refractivity contribution in [2.45, 2.75) is 18.2 Å². The fraction of sp³-hybridized carbons (Fsp3) is 0.333. The van der Waals surface area contributed by atoms with Gasteiger partial charge < -0.3 is 5.11 Å². The summed E-state index contributed by atoms with van der Waals surface area (Å²) in [6.45, 7) is 1.66.